The van der Waals surface area contributed by atoms with E-state index in [4.69, 9.17) is 14.0 Å². The second kappa shape index (κ2) is 8.71. The highest BCUT2D eigenvalue weighted by Crippen LogP contribution is 2.36. The van der Waals surface area contributed by atoms with Gasteiger partial charge in [0.25, 0.3) is 5.91 Å². The molecule has 0 bridgehead atoms. The molecule has 1 aromatic rings. The Morgan fingerprint density at radius 2 is 1.78 bits per heavy atom. The van der Waals surface area contributed by atoms with Crippen LogP contribution in [0.15, 0.2) is 18.2 Å². The van der Waals surface area contributed by atoms with Crippen LogP contribution in [-0.4, -0.2) is 60.0 Å². The zero-order chi connectivity index (χ0) is 23.9. The molecule has 3 rings (SSSR count). The molecule has 2 saturated heterocycles. The standard InChI is InChI=1S/C24H37BN2O5/c1-16-11-12-17(14-19(16)25-31-23(5,6)24(7,8)32-25)20(28)27-13-9-10-18(15-27)26-21(29)30-22(2,3)4/h11-12,14,18H,9-10,13,15H2,1-8H3,(H,26,29). The Bertz CT molecular complexity index is 862. The minimum Gasteiger partial charge on any atom is -0.444 e. The number of hydrogen-bond acceptors (Lipinski definition) is 5. The Labute approximate surface area is 192 Å². The zero-order valence-corrected chi connectivity index (χ0v) is 20.7. The van der Waals surface area contributed by atoms with Crippen LogP contribution in [0.1, 0.15) is 77.2 Å². The molecule has 32 heavy (non-hydrogen) atoms. The summed E-state index contributed by atoms with van der Waals surface area (Å²) < 4.78 is 17.8. The first-order valence-corrected chi connectivity index (χ1v) is 11.4. The predicted molar refractivity (Wildman–Crippen MR) is 125 cm³/mol. The molecule has 1 N–H and O–H groups in total. The van der Waals surface area contributed by atoms with Gasteiger partial charge in [0.05, 0.1) is 11.2 Å². The number of nitrogens with zero attached hydrogens (tertiary/aromatic N) is 1. The molecule has 0 aromatic heterocycles. The van der Waals surface area contributed by atoms with Crippen LogP contribution < -0.4 is 10.8 Å². The average molecular weight is 444 g/mol. The Kier molecular flexibility index (Phi) is 6.69. The summed E-state index contributed by atoms with van der Waals surface area (Å²) in [5, 5.41) is 2.90. The van der Waals surface area contributed by atoms with Gasteiger partial charge in [0.1, 0.15) is 5.60 Å². The monoisotopic (exact) mass is 444 g/mol. The van der Waals surface area contributed by atoms with Gasteiger partial charge in [0, 0.05) is 24.7 Å². The fourth-order valence-corrected chi connectivity index (χ4v) is 3.93. The van der Waals surface area contributed by atoms with E-state index in [0.717, 1.165) is 23.9 Å². The van der Waals surface area contributed by atoms with Gasteiger partial charge >= 0.3 is 13.2 Å². The van der Waals surface area contributed by atoms with E-state index >= 15 is 0 Å². The summed E-state index contributed by atoms with van der Waals surface area (Å²) >= 11 is 0. The molecule has 8 heteroatoms. The third-order valence-electron chi connectivity index (χ3n) is 6.46. The van der Waals surface area contributed by atoms with Gasteiger partial charge in [-0.3, -0.25) is 4.79 Å². The number of piperidine rings is 1. The number of carbonyl (C=O) groups excluding carboxylic acids is 2. The van der Waals surface area contributed by atoms with E-state index < -0.39 is 30.0 Å². The smallest absolute Gasteiger partial charge is 0.444 e. The fourth-order valence-electron chi connectivity index (χ4n) is 3.93. The maximum absolute atomic E-state index is 13.3. The highest BCUT2D eigenvalue weighted by atomic mass is 16.7. The molecule has 7 nitrogen and oxygen atoms in total. The van der Waals surface area contributed by atoms with Gasteiger partial charge in [-0.25, -0.2) is 4.79 Å². The molecule has 1 atom stereocenters. The maximum Gasteiger partial charge on any atom is 0.495 e. The summed E-state index contributed by atoms with van der Waals surface area (Å²) in [7, 11) is -0.518. The minimum absolute atomic E-state index is 0.0570. The average Bonchev–Trinajstić information content (AvgIpc) is 2.87. The molecule has 1 aromatic carbocycles. The molecule has 0 saturated carbocycles. The lowest BCUT2D eigenvalue weighted by Crippen LogP contribution is -2.50. The fraction of sp³-hybridized carbons (Fsp3) is 0.667. The summed E-state index contributed by atoms with van der Waals surface area (Å²) in [4.78, 5) is 27.2. The first kappa shape index (κ1) is 24.6. The van der Waals surface area contributed by atoms with Crippen LogP contribution in [0.25, 0.3) is 0 Å². The number of rotatable bonds is 3. The van der Waals surface area contributed by atoms with Crippen LogP contribution in [0, 0.1) is 6.92 Å². The van der Waals surface area contributed by atoms with Gasteiger partial charge in [-0.1, -0.05) is 11.6 Å². The summed E-state index contributed by atoms with van der Waals surface area (Å²) in [6.07, 6.45) is 1.19. The van der Waals surface area contributed by atoms with Crippen LogP contribution in [0.2, 0.25) is 0 Å². The van der Waals surface area contributed by atoms with Crippen molar-refractivity contribution in [1.29, 1.82) is 0 Å². The van der Waals surface area contributed by atoms with Crippen LogP contribution in [0.3, 0.4) is 0 Å². The van der Waals surface area contributed by atoms with Crippen LogP contribution in [0.5, 0.6) is 0 Å². The van der Waals surface area contributed by atoms with E-state index in [1.54, 1.807) is 4.90 Å². The normalized spacial score (nSPS) is 22.6. The number of benzene rings is 1. The second-order valence-corrected chi connectivity index (χ2v) is 10.9. The van der Waals surface area contributed by atoms with E-state index in [1.807, 2.05) is 73.6 Å². The molecule has 176 valence electrons. The molecular weight excluding hydrogens is 407 g/mol. The summed E-state index contributed by atoms with van der Waals surface area (Å²) in [6, 6.07) is 5.53. The summed E-state index contributed by atoms with van der Waals surface area (Å²) in [6.45, 7) is 16.7. The van der Waals surface area contributed by atoms with Crippen molar-refractivity contribution in [2.45, 2.75) is 91.1 Å². The zero-order valence-electron chi connectivity index (χ0n) is 20.7. The van der Waals surface area contributed by atoms with E-state index in [9.17, 15) is 9.59 Å². The maximum atomic E-state index is 13.3. The van der Waals surface area contributed by atoms with Crippen molar-refractivity contribution in [3.63, 3.8) is 0 Å². The highest BCUT2D eigenvalue weighted by Gasteiger charge is 2.52. The Morgan fingerprint density at radius 3 is 2.38 bits per heavy atom. The molecule has 0 radical (unpaired) electrons. The number of alkyl carbamates (subject to hydrolysis) is 1. The highest BCUT2D eigenvalue weighted by molar-refractivity contribution is 6.62. The lowest BCUT2D eigenvalue weighted by atomic mass is 9.75. The first-order valence-electron chi connectivity index (χ1n) is 11.4. The van der Waals surface area contributed by atoms with Gasteiger partial charge in [0.15, 0.2) is 0 Å². The number of amides is 2. The molecule has 1 unspecified atom stereocenters. The van der Waals surface area contributed by atoms with Crippen molar-refractivity contribution in [3.8, 4) is 0 Å². The third kappa shape index (κ3) is 5.46. The molecule has 2 amide bonds. The Balaban J connectivity index is 1.71. The number of carbonyl (C=O) groups is 2. The van der Waals surface area contributed by atoms with Gasteiger partial charge in [0.2, 0.25) is 0 Å². The second-order valence-electron chi connectivity index (χ2n) is 10.9. The SMILES string of the molecule is Cc1ccc(C(=O)N2CCCC(NC(=O)OC(C)(C)C)C2)cc1B1OC(C)(C)C(C)(C)O1. The largest absolute Gasteiger partial charge is 0.495 e. The van der Waals surface area contributed by atoms with Crippen LogP contribution in [-0.2, 0) is 14.0 Å². The third-order valence-corrected chi connectivity index (χ3v) is 6.46. The molecule has 2 aliphatic rings. The first-order chi connectivity index (χ1) is 14.7. The summed E-state index contributed by atoms with van der Waals surface area (Å²) in [5.74, 6) is -0.0570. The number of aryl methyl sites for hydroxylation is 1. The Morgan fingerprint density at radius 1 is 1.16 bits per heavy atom. The van der Waals surface area contributed by atoms with Crippen molar-refractivity contribution in [3.05, 3.63) is 29.3 Å². The van der Waals surface area contributed by atoms with Crippen LogP contribution >= 0.6 is 0 Å². The lowest BCUT2D eigenvalue weighted by Gasteiger charge is -2.33. The van der Waals surface area contributed by atoms with Gasteiger partial charge < -0.3 is 24.3 Å². The molecule has 2 fully saturated rings. The van der Waals surface area contributed by atoms with Crippen LogP contribution in [0.4, 0.5) is 4.79 Å². The van der Waals surface area contributed by atoms with Crippen molar-refractivity contribution < 1.29 is 23.6 Å². The van der Waals surface area contributed by atoms with Crippen molar-refractivity contribution in [1.82, 2.24) is 10.2 Å². The summed E-state index contributed by atoms with van der Waals surface area (Å²) in [5.41, 5.74) is 1.03. The topological polar surface area (TPSA) is 77.1 Å². The molecule has 2 aliphatic heterocycles. The van der Waals surface area contributed by atoms with Crippen molar-refractivity contribution in [2.24, 2.45) is 0 Å². The number of nitrogens with one attached hydrogen (secondary N) is 1. The Hall–Kier alpha value is -2.06. The predicted octanol–water partition coefficient (Wildman–Crippen LogP) is 3.42. The van der Waals surface area contributed by atoms with Gasteiger partial charge in [-0.15, -0.1) is 0 Å². The lowest BCUT2D eigenvalue weighted by molar-refractivity contribution is 0.00578. The van der Waals surface area contributed by atoms with E-state index in [-0.39, 0.29) is 11.9 Å². The number of hydrogen-bond donors (Lipinski definition) is 1. The molecule has 0 aliphatic carbocycles. The van der Waals surface area contributed by atoms with Gasteiger partial charge in [-0.05, 0) is 85.8 Å². The van der Waals surface area contributed by atoms with Crippen molar-refractivity contribution in [2.75, 3.05) is 13.1 Å². The molecule has 2 heterocycles. The van der Waals surface area contributed by atoms with Gasteiger partial charge in [-0.2, -0.15) is 0 Å². The quantitative estimate of drug-likeness (QED) is 0.723. The molecule has 0 spiro atoms. The minimum atomic E-state index is -0.555. The van der Waals surface area contributed by atoms with E-state index in [0.29, 0.717) is 18.7 Å². The number of ether oxygens (including phenoxy) is 1. The number of likely N-dealkylation sites (tertiary alicyclic amines) is 1. The van der Waals surface area contributed by atoms with Crippen molar-refractivity contribution >= 4 is 24.6 Å². The van der Waals surface area contributed by atoms with E-state index in [2.05, 4.69) is 5.32 Å². The van der Waals surface area contributed by atoms with E-state index in [1.165, 1.54) is 0 Å². The molecular formula is C24H37BN2O5.